The predicted octanol–water partition coefficient (Wildman–Crippen LogP) is 7.01. The third kappa shape index (κ3) is 6.87. The van der Waals surface area contributed by atoms with Gasteiger partial charge >= 0.3 is 5.97 Å². The highest BCUT2D eigenvalue weighted by molar-refractivity contribution is 9.10. The Morgan fingerprint density at radius 1 is 0.830 bits per heavy atom. The molecular formula is C35H32BrN3O8. The molecule has 1 aromatic heterocycles. The summed E-state index contributed by atoms with van der Waals surface area (Å²) < 4.78 is 33.8. The van der Waals surface area contributed by atoms with Gasteiger partial charge in [0, 0.05) is 15.4 Å². The number of methoxy groups -OCH3 is 4. The zero-order valence-corrected chi connectivity index (χ0v) is 27.9. The Morgan fingerprint density at radius 2 is 1.51 bits per heavy atom. The van der Waals surface area contributed by atoms with Crippen LogP contribution in [0.25, 0.3) is 22.0 Å². The number of benzene rings is 4. The Balaban J connectivity index is 1.39. The Labute approximate surface area is 279 Å². The van der Waals surface area contributed by atoms with Crippen LogP contribution in [0.2, 0.25) is 0 Å². The van der Waals surface area contributed by atoms with Crippen molar-refractivity contribution in [3.05, 3.63) is 94.1 Å². The van der Waals surface area contributed by atoms with E-state index in [1.165, 1.54) is 39.7 Å². The molecule has 47 heavy (non-hydrogen) atoms. The average Bonchev–Trinajstić information content (AvgIpc) is 3.51. The maximum absolute atomic E-state index is 13.5. The molecule has 0 saturated heterocycles. The van der Waals surface area contributed by atoms with Crippen molar-refractivity contribution in [2.75, 3.05) is 35.0 Å². The van der Waals surface area contributed by atoms with Gasteiger partial charge in [-0.2, -0.15) is 5.10 Å². The quantitative estimate of drug-likeness (QED) is 0.0615. The van der Waals surface area contributed by atoms with Gasteiger partial charge in [-0.1, -0.05) is 46.3 Å². The molecule has 1 heterocycles. The van der Waals surface area contributed by atoms with E-state index in [-0.39, 0.29) is 11.3 Å². The van der Waals surface area contributed by atoms with Crippen LogP contribution in [0, 0.1) is 0 Å². The standard InChI is InChI=1S/C35H32BrN3O8/c1-6-46-26-16-20(12-14-24(26)47-35(41)22-17-27(43-3)33(45-5)28(18-22)44-4)19-37-39-34(40)32-29(21-10-8-7-9-11-21)30-23(36)13-15-25(42-2)31(30)38-32/h7-19,38H,6H2,1-5H3,(H,39,40). The highest BCUT2D eigenvalue weighted by Crippen LogP contribution is 2.41. The number of H-pyrrole nitrogens is 1. The second kappa shape index (κ2) is 14.7. The number of aromatic nitrogens is 1. The van der Waals surface area contributed by atoms with Crippen molar-refractivity contribution in [3.63, 3.8) is 0 Å². The zero-order valence-electron chi connectivity index (χ0n) is 26.3. The molecule has 0 fully saturated rings. The SMILES string of the molecule is CCOc1cc(C=NNC(=O)c2[nH]c3c(OC)ccc(Br)c3c2-c2ccccc2)ccc1OC(=O)c1cc(OC)c(OC)c(OC)c1. The minimum absolute atomic E-state index is 0.187. The smallest absolute Gasteiger partial charge is 0.343 e. The van der Waals surface area contributed by atoms with Crippen LogP contribution in [0.1, 0.15) is 33.3 Å². The number of carbonyl (C=O) groups is 2. The van der Waals surface area contributed by atoms with Crippen molar-refractivity contribution >= 4 is 44.9 Å². The van der Waals surface area contributed by atoms with Gasteiger partial charge in [0.1, 0.15) is 11.4 Å². The van der Waals surface area contributed by atoms with Gasteiger partial charge < -0.3 is 33.4 Å². The van der Waals surface area contributed by atoms with Crippen molar-refractivity contribution in [1.82, 2.24) is 10.4 Å². The molecule has 4 aromatic carbocycles. The number of halogens is 1. The molecule has 0 aliphatic rings. The number of fused-ring (bicyclic) bond motifs is 1. The van der Waals surface area contributed by atoms with Crippen LogP contribution in [0.15, 0.2) is 82.4 Å². The normalized spacial score (nSPS) is 10.9. The van der Waals surface area contributed by atoms with Crippen LogP contribution >= 0.6 is 15.9 Å². The summed E-state index contributed by atoms with van der Waals surface area (Å²) in [7, 11) is 5.97. The van der Waals surface area contributed by atoms with E-state index in [4.69, 9.17) is 28.4 Å². The lowest BCUT2D eigenvalue weighted by Crippen LogP contribution is -2.19. The number of hydrogen-bond donors (Lipinski definition) is 2. The molecule has 0 spiro atoms. The molecule has 0 aliphatic heterocycles. The Kier molecular flexibility index (Phi) is 10.3. The Bertz CT molecular complexity index is 1930. The highest BCUT2D eigenvalue weighted by Gasteiger charge is 2.23. The highest BCUT2D eigenvalue weighted by atomic mass is 79.9. The number of amides is 1. The summed E-state index contributed by atoms with van der Waals surface area (Å²) in [5.74, 6) is 0.962. The van der Waals surface area contributed by atoms with Gasteiger partial charge in [0.2, 0.25) is 5.75 Å². The summed E-state index contributed by atoms with van der Waals surface area (Å²) >= 11 is 3.63. The lowest BCUT2D eigenvalue weighted by molar-refractivity contribution is 0.0727. The number of nitrogens with one attached hydrogen (secondary N) is 2. The molecule has 0 radical (unpaired) electrons. The molecule has 2 N–H and O–H groups in total. The van der Waals surface area contributed by atoms with Crippen LogP contribution in [0.4, 0.5) is 0 Å². The Hall–Kier alpha value is -5.49. The second-order valence-electron chi connectivity index (χ2n) is 9.88. The molecule has 11 nitrogen and oxygen atoms in total. The number of hydrogen-bond acceptors (Lipinski definition) is 9. The van der Waals surface area contributed by atoms with E-state index in [0.29, 0.717) is 57.7 Å². The third-order valence-electron chi connectivity index (χ3n) is 7.13. The summed E-state index contributed by atoms with van der Waals surface area (Å²) in [4.78, 5) is 29.8. The van der Waals surface area contributed by atoms with Gasteiger partial charge in [0.25, 0.3) is 5.91 Å². The molecule has 242 valence electrons. The molecule has 0 atom stereocenters. The van der Waals surface area contributed by atoms with E-state index < -0.39 is 11.9 Å². The molecule has 5 rings (SSSR count). The third-order valence-corrected chi connectivity index (χ3v) is 7.79. The van der Waals surface area contributed by atoms with Crippen LogP contribution < -0.4 is 33.8 Å². The van der Waals surface area contributed by atoms with Gasteiger partial charge in [-0.05, 0) is 60.5 Å². The summed E-state index contributed by atoms with van der Waals surface area (Å²) in [6.07, 6.45) is 1.46. The topological polar surface area (TPSA) is 130 Å². The second-order valence-corrected chi connectivity index (χ2v) is 10.7. The summed E-state index contributed by atoms with van der Waals surface area (Å²) in [6, 6.07) is 21.2. The summed E-state index contributed by atoms with van der Waals surface area (Å²) in [5.41, 5.74) is 5.93. The fourth-order valence-corrected chi connectivity index (χ4v) is 5.54. The first-order valence-corrected chi connectivity index (χ1v) is 15.2. The van der Waals surface area contributed by atoms with E-state index in [1.807, 2.05) is 49.4 Å². The van der Waals surface area contributed by atoms with E-state index in [0.717, 1.165) is 15.4 Å². The molecule has 5 aromatic rings. The lowest BCUT2D eigenvalue weighted by Gasteiger charge is -2.15. The van der Waals surface area contributed by atoms with E-state index in [1.54, 1.807) is 25.3 Å². The number of ether oxygens (including phenoxy) is 6. The average molecular weight is 703 g/mol. The van der Waals surface area contributed by atoms with E-state index >= 15 is 0 Å². The van der Waals surface area contributed by atoms with Gasteiger partial charge in [0.05, 0.1) is 52.3 Å². The van der Waals surface area contributed by atoms with Gasteiger partial charge in [-0.3, -0.25) is 4.79 Å². The van der Waals surface area contributed by atoms with Gasteiger partial charge in [0.15, 0.2) is 23.0 Å². The van der Waals surface area contributed by atoms with Crippen LogP contribution in [0.3, 0.4) is 0 Å². The maximum Gasteiger partial charge on any atom is 0.343 e. The first-order valence-electron chi connectivity index (χ1n) is 14.4. The number of esters is 1. The molecule has 0 aliphatic carbocycles. The summed E-state index contributed by atoms with van der Waals surface area (Å²) in [5, 5.41) is 5.00. The molecular weight excluding hydrogens is 670 g/mol. The van der Waals surface area contributed by atoms with Crippen molar-refractivity contribution in [1.29, 1.82) is 0 Å². The number of aromatic amines is 1. The van der Waals surface area contributed by atoms with Gasteiger partial charge in [-0.15, -0.1) is 0 Å². The molecule has 0 unspecified atom stereocenters. The van der Waals surface area contributed by atoms with Crippen molar-refractivity contribution in [2.45, 2.75) is 6.92 Å². The van der Waals surface area contributed by atoms with E-state index in [9.17, 15) is 9.59 Å². The molecule has 0 bridgehead atoms. The number of rotatable bonds is 12. The van der Waals surface area contributed by atoms with Crippen LogP contribution in [-0.4, -0.2) is 58.1 Å². The molecule has 1 amide bonds. The van der Waals surface area contributed by atoms with Crippen molar-refractivity contribution < 1.29 is 38.0 Å². The molecule has 12 heteroatoms. The minimum atomic E-state index is -0.658. The number of nitrogens with zero attached hydrogens (tertiary/aromatic N) is 1. The van der Waals surface area contributed by atoms with Crippen LogP contribution in [-0.2, 0) is 0 Å². The van der Waals surface area contributed by atoms with E-state index in [2.05, 4.69) is 31.4 Å². The monoisotopic (exact) mass is 701 g/mol. The molecule has 0 saturated carbocycles. The maximum atomic E-state index is 13.5. The minimum Gasteiger partial charge on any atom is -0.495 e. The lowest BCUT2D eigenvalue weighted by atomic mass is 10.0. The first kappa shape index (κ1) is 32.9. The summed E-state index contributed by atoms with van der Waals surface area (Å²) in [6.45, 7) is 2.12. The first-order chi connectivity index (χ1) is 22.8. The van der Waals surface area contributed by atoms with Crippen LogP contribution in [0.5, 0.6) is 34.5 Å². The van der Waals surface area contributed by atoms with Crippen molar-refractivity contribution in [2.24, 2.45) is 5.10 Å². The fourth-order valence-electron chi connectivity index (χ4n) is 5.01. The van der Waals surface area contributed by atoms with Gasteiger partial charge in [-0.25, -0.2) is 10.2 Å². The Morgan fingerprint density at radius 3 is 2.15 bits per heavy atom. The zero-order chi connectivity index (χ0) is 33.5. The van der Waals surface area contributed by atoms with Crippen molar-refractivity contribution in [3.8, 4) is 45.6 Å². The fraction of sp³-hybridized carbons (Fsp3) is 0.171. The largest absolute Gasteiger partial charge is 0.495 e. The number of hydrazone groups is 1. The predicted molar refractivity (Wildman–Crippen MR) is 182 cm³/mol. The number of carbonyl (C=O) groups excluding carboxylic acids is 2.